The molecule has 0 aliphatic heterocycles. The third-order valence-electron chi connectivity index (χ3n) is 2.03. The first-order chi connectivity index (χ1) is 6.81. The number of hydrogen-bond donors (Lipinski definition) is 0. The lowest BCUT2D eigenvalue weighted by Crippen LogP contribution is -1.85. The average molecular weight is 316 g/mol. The maximum atomic E-state index is 4.16. The molecule has 2 rings (SSSR count). The van der Waals surface area contributed by atoms with Crippen LogP contribution in [0.5, 0.6) is 0 Å². The van der Waals surface area contributed by atoms with E-state index in [1.54, 1.807) is 11.3 Å². The van der Waals surface area contributed by atoms with Crippen LogP contribution in [0.4, 0.5) is 0 Å². The molecular weight excluding hydrogens is 307 g/mol. The molecule has 0 radical (unpaired) electrons. The summed E-state index contributed by atoms with van der Waals surface area (Å²) in [5.74, 6) is 0. The van der Waals surface area contributed by atoms with Crippen LogP contribution in [0.25, 0.3) is 10.6 Å². The van der Waals surface area contributed by atoms with Gasteiger partial charge in [0.1, 0.15) is 5.01 Å². The van der Waals surface area contributed by atoms with Crippen molar-refractivity contribution < 1.29 is 0 Å². The standard InChI is InChI=1S/C10H9IN2S/c1-2-7-5-3-4-6-8(7)9-12-13-10(11)14-9/h3-6H,2H2,1H3. The summed E-state index contributed by atoms with van der Waals surface area (Å²) in [6.45, 7) is 2.16. The zero-order valence-corrected chi connectivity index (χ0v) is 10.7. The van der Waals surface area contributed by atoms with Crippen molar-refractivity contribution >= 4 is 33.9 Å². The SMILES string of the molecule is CCc1ccccc1-c1nnc(I)s1. The molecule has 0 N–H and O–H groups in total. The van der Waals surface area contributed by atoms with E-state index in [1.807, 2.05) is 6.07 Å². The monoisotopic (exact) mass is 316 g/mol. The highest BCUT2D eigenvalue weighted by Gasteiger charge is 2.07. The summed E-state index contributed by atoms with van der Waals surface area (Å²) in [5, 5.41) is 9.20. The van der Waals surface area contributed by atoms with E-state index in [0.29, 0.717) is 0 Å². The van der Waals surface area contributed by atoms with Gasteiger partial charge in [-0.1, -0.05) is 42.5 Å². The molecule has 0 amide bonds. The van der Waals surface area contributed by atoms with E-state index in [0.717, 1.165) is 14.4 Å². The first-order valence-corrected chi connectivity index (χ1v) is 6.28. The number of aromatic nitrogens is 2. The molecule has 0 atom stereocenters. The maximum Gasteiger partial charge on any atom is 0.178 e. The zero-order valence-electron chi connectivity index (χ0n) is 7.70. The molecule has 0 bridgehead atoms. The predicted molar refractivity (Wildman–Crippen MR) is 67.4 cm³/mol. The normalized spacial score (nSPS) is 10.4. The highest BCUT2D eigenvalue weighted by atomic mass is 127. The van der Waals surface area contributed by atoms with Crippen LogP contribution in [0.2, 0.25) is 0 Å². The Balaban J connectivity index is 2.50. The van der Waals surface area contributed by atoms with E-state index in [2.05, 4.69) is 57.9 Å². The van der Waals surface area contributed by atoms with Crippen molar-refractivity contribution in [2.45, 2.75) is 13.3 Å². The second-order valence-corrected chi connectivity index (χ2v) is 5.60. The first-order valence-electron chi connectivity index (χ1n) is 4.38. The van der Waals surface area contributed by atoms with Gasteiger partial charge in [-0.2, -0.15) is 0 Å². The van der Waals surface area contributed by atoms with E-state index >= 15 is 0 Å². The molecule has 0 aliphatic rings. The number of benzene rings is 1. The second-order valence-electron chi connectivity index (χ2n) is 2.87. The molecule has 0 aliphatic carbocycles. The van der Waals surface area contributed by atoms with Gasteiger partial charge in [0, 0.05) is 5.56 Å². The van der Waals surface area contributed by atoms with Crippen molar-refractivity contribution in [1.29, 1.82) is 0 Å². The lowest BCUT2D eigenvalue weighted by molar-refractivity contribution is 1.06. The molecule has 1 aromatic heterocycles. The maximum absolute atomic E-state index is 4.16. The fourth-order valence-corrected chi connectivity index (χ4v) is 2.72. The van der Waals surface area contributed by atoms with Crippen LogP contribution in [0, 0.1) is 3.01 Å². The van der Waals surface area contributed by atoms with Crippen molar-refractivity contribution in [3.05, 3.63) is 32.8 Å². The molecular formula is C10H9IN2S. The van der Waals surface area contributed by atoms with Crippen LogP contribution in [-0.4, -0.2) is 10.2 Å². The van der Waals surface area contributed by atoms with Crippen LogP contribution in [-0.2, 0) is 6.42 Å². The van der Waals surface area contributed by atoms with Crippen molar-refractivity contribution in [3.8, 4) is 10.6 Å². The Morgan fingerprint density at radius 3 is 2.71 bits per heavy atom. The van der Waals surface area contributed by atoms with Crippen molar-refractivity contribution in [2.24, 2.45) is 0 Å². The van der Waals surface area contributed by atoms with E-state index in [9.17, 15) is 0 Å². The van der Waals surface area contributed by atoms with Gasteiger partial charge in [0.25, 0.3) is 0 Å². The molecule has 1 heterocycles. The van der Waals surface area contributed by atoms with Crippen molar-refractivity contribution in [3.63, 3.8) is 0 Å². The number of rotatable bonds is 2. The highest BCUT2D eigenvalue weighted by molar-refractivity contribution is 14.1. The van der Waals surface area contributed by atoms with Crippen molar-refractivity contribution in [1.82, 2.24) is 10.2 Å². The highest BCUT2D eigenvalue weighted by Crippen LogP contribution is 2.27. The predicted octanol–water partition coefficient (Wildman–Crippen LogP) is 3.37. The molecule has 4 heteroatoms. The largest absolute Gasteiger partial charge is 0.178 e. The van der Waals surface area contributed by atoms with Crippen LogP contribution in [0.1, 0.15) is 12.5 Å². The summed E-state index contributed by atoms with van der Waals surface area (Å²) in [6.07, 6.45) is 1.03. The summed E-state index contributed by atoms with van der Waals surface area (Å²) in [4.78, 5) is 0. The van der Waals surface area contributed by atoms with Crippen molar-refractivity contribution in [2.75, 3.05) is 0 Å². The average Bonchev–Trinajstić information content (AvgIpc) is 2.65. The summed E-state index contributed by atoms with van der Waals surface area (Å²) in [7, 11) is 0. The lowest BCUT2D eigenvalue weighted by Gasteiger charge is -2.02. The van der Waals surface area contributed by atoms with E-state index in [-0.39, 0.29) is 0 Å². The summed E-state index contributed by atoms with van der Waals surface area (Å²) in [5.41, 5.74) is 2.55. The molecule has 2 nitrogen and oxygen atoms in total. The van der Waals surface area contributed by atoms with Gasteiger partial charge in [0.2, 0.25) is 0 Å². The van der Waals surface area contributed by atoms with Gasteiger partial charge in [-0.15, -0.1) is 10.2 Å². The van der Waals surface area contributed by atoms with Crippen LogP contribution in [0.3, 0.4) is 0 Å². The fraction of sp³-hybridized carbons (Fsp3) is 0.200. The zero-order chi connectivity index (χ0) is 9.97. The smallest absolute Gasteiger partial charge is 0.137 e. The Labute approximate surface area is 101 Å². The topological polar surface area (TPSA) is 25.8 Å². The molecule has 0 saturated carbocycles. The second kappa shape index (κ2) is 4.35. The summed E-state index contributed by atoms with van der Waals surface area (Å²) < 4.78 is 0.989. The van der Waals surface area contributed by atoms with Crippen LogP contribution in [0.15, 0.2) is 24.3 Å². The fourth-order valence-electron chi connectivity index (χ4n) is 1.35. The molecule has 14 heavy (non-hydrogen) atoms. The Morgan fingerprint density at radius 2 is 2.07 bits per heavy atom. The Kier molecular flexibility index (Phi) is 3.12. The quantitative estimate of drug-likeness (QED) is 0.794. The minimum absolute atomic E-state index is 0.989. The van der Waals surface area contributed by atoms with E-state index in [4.69, 9.17) is 0 Å². The summed E-state index contributed by atoms with van der Waals surface area (Å²) >= 11 is 3.83. The van der Waals surface area contributed by atoms with Gasteiger partial charge in [-0.25, -0.2) is 0 Å². The van der Waals surface area contributed by atoms with Gasteiger partial charge in [0.05, 0.1) is 0 Å². The third-order valence-corrected chi connectivity index (χ3v) is 3.65. The molecule has 0 fully saturated rings. The van der Waals surface area contributed by atoms with Gasteiger partial charge >= 0.3 is 0 Å². The molecule has 0 spiro atoms. The summed E-state index contributed by atoms with van der Waals surface area (Å²) in [6, 6.07) is 8.36. The molecule has 2 aromatic rings. The van der Waals surface area contributed by atoms with Gasteiger partial charge in [-0.3, -0.25) is 0 Å². The minimum Gasteiger partial charge on any atom is -0.137 e. The number of nitrogens with zero attached hydrogens (tertiary/aromatic N) is 2. The van der Waals surface area contributed by atoms with E-state index in [1.165, 1.54) is 11.1 Å². The molecule has 72 valence electrons. The molecule has 0 saturated heterocycles. The van der Waals surface area contributed by atoms with Gasteiger partial charge in [0.15, 0.2) is 3.01 Å². The lowest BCUT2D eigenvalue weighted by atomic mass is 10.1. The number of halogens is 1. The van der Waals surface area contributed by atoms with Crippen LogP contribution >= 0.6 is 33.9 Å². The molecule has 0 unspecified atom stereocenters. The Morgan fingerprint density at radius 1 is 1.29 bits per heavy atom. The molecule has 1 aromatic carbocycles. The van der Waals surface area contributed by atoms with Gasteiger partial charge < -0.3 is 0 Å². The number of aryl methyl sites for hydroxylation is 1. The van der Waals surface area contributed by atoms with Gasteiger partial charge in [-0.05, 0) is 34.6 Å². The third kappa shape index (κ3) is 1.95. The van der Waals surface area contributed by atoms with E-state index < -0.39 is 0 Å². The Hall–Kier alpha value is -0.490. The first kappa shape index (κ1) is 10.0. The Bertz CT molecular complexity index is 439. The van der Waals surface area contributed by atoms with Crippen LogP contribution < -0.4 is 0 Å². The minimum atomic E-state index is 0.989. The number of hydrogen-bond acceptors (Lipinski definition) is 3.